The van der Waals surface area contributed by atoms with Crippen molar-refractivity contribution in [1.29, 1.82) is 5.41 Å². The molecule has 0 aliphatic carbocycles. The average molecular weight is 578 g/mol. The van der Waals surface area contributed by atoms with Gasteiger partial charge in [-0.1, -0.05) is 164 Å². The zero-order chi connectivity index (χ0) is 30.6. The van der Waals surface area contributed by atoms with Crippen LogP contribution in [0.4, 0.5) is 0 Å². The molecular weight excluding hydrogens is 546 g/mol. The summed E-state index contributed by atoms with van der Waals surface area (Å²) >= 11 is 0. The zero-order valence-corrected chi connectivity index (χ0v) is 24.7. The van der Waals surface area contributed by atoms with Crippen molar-refractivity contribution in [2.75, 3.05) is 0 Å². The third-order valence-corrected chi connectivity index (χ3v) is 8.20. The van der Waals surface area contributed by atoms with Gasteiger partial charge in [0.05, 0.1) is 0 Å². The highest BCUT2D eigenvalue weighted by atomic mass is 14.9. The van der Waals surface area contributed by atoms with E-state index in [1.165, 1.54) is 32.3 Å². The predicted molar refractivity (Wildman–Crippen MR) is 191 cm³/mol. The Kier molecular flexibility index (Phi) is 7.57. The Morgan fingerprint density at radius 1 is 0.422 bits per heavy atom. The Morgan fingerprint density at radius 3 is 1.51 bits per heavy atom. The molecule has 0 spiro atoms. The zero-order valence-electron chi connectivity index (χ0n) is 24.7. The van der Waals surface area contributed by atoms with Crippen LogP contribution in [0.3, 0.4) is 0 Å². The Bertz CT molecular complexity index is 2250. The Balaban J connectivity index is 1.32. The van der Waals surface area contributed by atoms with Crippen molar-refractivity contribution in [3.63, 3.8) is 0 Å². The van der Waals surface area contributed by atoms with Crippen molar-refractivity contribution in [2.45, 2.75) is 0 Å². The van der Waals surface area contributed by atoms with E-state index in [1.807, 2.05) is 78.9 Å². The topological polar surface area (TPSA) is 62.2 Å². The molecule has 3 nitrogen and oxygen atoms in total. The molecule has 45 heavy (non-hydrogen) atoms. The Hall–Kier alpha value is -6.06. The molecule has 0 radical (unpaired) electrons. The summed E-state index contributed by atoms with van der Waals surface area (Å²) in [5, 5.41) is 16.1. The minimum absolute atomic E-state index is 0.122. The SMILES string of the molecule is N=C(/N=C(\N)c1ccccccccc1-c1ccc(-c2ccc3c4ccccc4c4ccccc4c3c2)cc1)c1ccccc1. The quantitative estimate of drug-likeness (QED) is 0.122. The molecule has 214 valence electrons. The van der Waals surface area contributed by atoms with Crippen LogP contribution in [0.5, 0.6) is 0 Å². The summed E-state index contributed by atoms with van der Waals surface area (Å²) in [7, 11) is 0. The molecule has 0 saturated heterocycles. The summed E-state index contributed by atoms with van der Waals surface area (Å²) in [6.07, 6.45) is 0. The van der Waals surface area contributed by atoms with Crippen LogP contribution in [0.2, 0.25) is 0 Å². The van der Waals surface area contributed by atoms with Gasteiger partial charge in [-0.3, -0.25) is 5.41 Å². The van der Waals surface area contributed by atoms with E-state index in [1.54, 1.807) is 0 Å². The predicted octanol–water partition coefficient (Wildman–Crippen LogP) is 10.3. The van der Waals surface area contributed by atoms with E-state index in [2.05, 4.69) is 96.0 Å². The van der Waals surface area contributed by atoms with Gasteiger partial charge in [0, 0.05) is 11.1 Å². The molecule has 7 aromatic carbocycles. The number of rotatable bonds is 4. The molecule has 0 bridgehead atoms. The Morgan fingerprint density at radius 2 is 0.867 bits per heavy atom. The number of fused-ring (bicyclic) bond motifs is 6. The summed E-state index contributed by atoms with van der Waals surface area (Å²) < 4.78 is 0. The number of hydrogen-bond acceptors (Lipinski definition) is 1. The second-order valence-corrected chi connectivity index (χ2v) is 11.0. The van der Waals surface area contributed by atoms with Crippen LogP contribution in [0.25, 0.3) is 54.6 Å². The molecular formula is C42H31N3. The first-order valence-electron chi connectivity index (χ1n) is 15.0. The van der Waals surface area contributed by atoms with Gasteiger partial charge in [0.2, 0.25) is 0 Å². The number of amidine groups is 2. The lowest BCUT2D eigenvalue weighted by atomic mass is 9.91. The van der Waals surface area contributed by atoms with Crippen molar-refractivity contribution in [1.82, 2.24) is 0 Å². The molecule has 0 saturated carbocycles. The highest BCUT2D eigenvalue weighted by Gasteiger charge is 2.12. The molecule has 3 heteroatoms. The van der Waals surface area contributed by atoms with Gasteiger partial charge in [-0.2, -0.15) is 0 Å². The monoisotopic (exact) mass is 577 g/mol. The van der Waals surface area contributed by atoms with Gasteiger partial charge in [-0.15, -0.1) is 0 Å². The molecule has 0 heterocycles. The maximum Gasteiger partial charge on any atom is 0.154 e. The number of hydrogen-bond donors (Lipinski definition) is 2. The van der Waals surface area contributed by atoms with Gasteiger partial charge >= 0.3 is 0 Å². The highest BCUT2D eigenvalue weighted by Crippen LogP contribution is 2.37. The number of aliphatic imine (C=N–C) groups is 1. The minimum Gasteiger partial charge on any atom is -0.383 e. The van der Waals surface area contributed by atoms with E-state index in [0.29, 0.717) is 5.56 Å². The molecule has 0 amide bonds. The molecule has 7 aromatic rings. The van der Waals surface area contributed by atoms with E-state index in [4.69, 9.17) is 11.1 Å². The molecule has 0 fully saturated rings. The third kappa shape index (κ3) is 5.55. The van der Waals surface area contributed by atoms with Crippen molar-refractivity contribution in [3.8, 4) is 22.3 Å². The highest BCUT2D eigenvalue weighted by molar-refractivity contribution is 6.25. The number of nitrogens with zero attached hydrogens (tertiary/aromatic N) is 1. The number of benzene rings is 6. The van der Waals surface area contributed by atoms with Gasteiger partial charge in [-0.25, -0.2) is 4.99 Å². The maximum atomic E-state index is 8.54. The summed E-state index contributed by atoms with van der Waals surface area (Å²) in [6.45, 7) is 0. The van der Waals surface area contributed by atoms with E-state index in [-0.39, 0.29) is 11.7 Å². The minimum atomic E-state index is 0.122. The van der Waals surface area contributed by atoms with Crippen LogP contribution in [0, 0.1) is 5.41 Å². The number of nitrogens with one attached hydrogen (secondary N) is 1. The summed E-state index contributed by atoms with van der Waals surface area (Å²) in [6, 6.07) is 58.0. The van der Waals surface area contributed by atoms with Crippen LogP contribution in [0.1, 0.15) is 11.1 Å². The fraction of sp³-hybridized carbons (Fsp3) is 0. The number of nitrogens with two attached hydrogens (primary N) is 1. The van der Waals surface area contributed by atoms with Gasteiger partial charge in [0.25, 0.3) is 0 Å². The second-order valence-electron chi connectivity index (χ2n) is 11.0. The van der Waals surface area contributed by atoms with Crippen LogP contribution in [-0.2, 0) is 0 Å². The average Bonchev–Trinajstić information content (AvgIpc) is 3.10. The first-order chi connectivity index (χ1) is 22.2. The summed E-state index contributed by atoms with van der Waals surface area (Å²) in [4.78, 5) is 4.51. The van der Waals surface area contributed by atoms with Crippen LogP contribution in [0.15, 0.2) is 175 Å². The van der Waals surface area contributed by atoms with E-state index in [9.17, 15) is 0 Å². The summed E-state index contributed by atoms with van der Waals surface area (Å²) in [5.41, 5.74) is 12.3. The van der Waals surface area contributed by atoms with E-state index < -0.39 is 0 Å². The fourth-order valence-electron chi connectivity index (χ4n) is 5.99. The van der Waals surface area contributed by atoms with Gasteiger partial charge in [0.15, 0.2) is 5.84 Å². The molecule has 0 aliphatic heterocycles. The Labute approximate surface area is 262 Å². The fourth-order valence-corrected chi connectivity index (χ4v) is 5.99. The molecule has 0 atom stereocenters. The first kappa shape index (κ1) is 27.8. The van der Waals surface area contributed by atoms with Gasteiger partial charge < -0.3 is 5.73 Å². The van der Waals surface area contributed by atoms with Gasteiger partial charge in [-0.05, 0) is 60.6 Å². The lowest BCUT2D eigenvalue weighted by Gasteiger charge is -2.13. The van der Waals surface area contributed by atoms with Crippen molar-refractivity contribution >= 4 is 44.0 Å². The molecule has 7 rings (SSSR count). The van der Waals surface area contributed by atoms with Crippen molar-refractivity contribution < 1.29 is 0 Å². The smallest absolute Gasteiger partial charge is 0.154 e. The van der Waals surface area contributed by atoms with Gasteiger partial charge in [0.1, 0.15) is 5.84 Å². The summed E-state index contributed by atoms with van der Waals surface area (Å²) in [5.74, 6) is 0.409. The van der Waals surface area contributed by atoms with Crippen LogP contribution >= 0.6 is 0 Å². The molecule has 0 aliphatic rings. The maximum absolute atomic E-state index is 8.54. The normalized spacial score (nSPS) is 11.4. The van der Waals surface area contributed by atoms with Crippen LogP contribution < -0.4 is 5.73 Å². The largest absolute Gasteiger partial charge is 0.383 e. The molecule has 3 N–H and O–H groups in total. The first-order valence-corrected chi connectivity index (χ1v) is 15.0. The lowest BCUT2D eigenvalue weighted by molar-refractivity contribution is 1.40. The second kappa shape index (κ2) is 12.3. The van der Waals surface area contributed by atoms with E-state index >= 15 is 0 Å². The lowest BCUT2D eigenvalue weighted by Crippen LogP contribution is -2.16. The van der Waals surface area contributed by atoms with E-state index in [0.717, 1.165) is 27.8 Å². The molecule has 0 unspecified atom stereocenters. The van der Waals surface area contributed by atoms with Crippen molar-refractivity contribution in [3.05, 3.63) is 181 Å². The standard InChI is InChI=1S/C42H31N3/c43-41(31-14-6-5-7-15-31)45-42(44)39-21-9-4-2-1-3-8-16-33(39)30-24-22-29(23-25-30)32-26-27-38-36-19-11-10-17-34(36)35-18-12-13-20-37(35)40(38)28-32/h1-28H,(H3,43,44,45). The third-order valence-electron chi connectivity index (χ3n) is 8.20. The molecule has 0 aromatic heterocycles. The van der Waals surface area contributed by atoms with Crippen molar-refractivity contribution in [2.24, 2.45) is 10.7 Å². The van der Waals surface area contributed by atoms with Crippen LogP contribution in [-0.4, -0.2) is 11.7 Å².